The molecular formula is C20H23NO. The lowest BCUT2D eigenvalue weighted by molar-refractivity contribution is -0.121. The Kier molecular flexibility index (Phi) is 4.89. The number of hydrogen-bond donors (Lipinski definition) is 1. The molecule has 0 heterocycles. The molecule has 0 aromatic heterocycles. The summed E-state index contributed by atoms with van der Waals surface area (Å²) in [6, 6.07) is 19.0. The minimum Gasteiger partial charge on any atom is -0.353 e. The average Bonchev–Trinajstić information content (AvgIpc) is 2.57. The van der Waals surface area contributed by atoms with E-state index < -0.39 is 0 Å². The van der Waals surface area contributed by atoms with E-state index in [1.165, 1.54) is 30.4 Å². The SMILES string of the molecule is O=C(Cc1ccc(-c2ccccc2)cc1)NC1CCCCC1. The third-order valence-electron chi connectivity index (χ3n) is 4.40. The number of carbonyl (C=O) groups is 1. The normalized spacial score (nSPS) is 15.5. The van der Waals surface area contributed by atoms with Gasteiger partial charge in [0.15, 0.2) is 0 Å². The second kappa shape index (κ2) is 7.26. The first kappa shape index (κ1) is 14.8. The van der Waals surface area contributed by atoms with E-state index in [1.807, 2.05) is 18.2 Å². The van der Waals surface area contributed by atoms with Gasteiger partial charge in [-0.05, 0) is 29.5 Å². The van der Waals surface area contributed by atoms with Crippen molar-refractivity contribution in [3.05, 3.63) is 60.2 Å². The van der Waals surface area contributed by atoms with Crippen molar-refractivity contribution < 1.29 is 4.79 Å². The Labute approximate surface area is 132 Å². The van der Waals surface area contributed by atoms with Crippen LogP contribution in [0.3, 0.4) is 0 Å². The highest BCUT2D eigenvalue weighted by atomic mass is 16.1. The van der Waals surface area contributed by atoms with Crippen molar-refractivity contribution in [2.45, 2.75) is 44.6 Å². The molecule has 1 amide bonds. The van der Waals surface area contributed by atoms with E-state index in [0.29, 0.717) is 12.5 Å². The summed E-state index contributed by atoms with van der Waals surface area (Å²) in [7, 11) is 0. The van der Waals surface area contributed by atoms with Crippen molar-refractivity contribution in [3.63, 3.8) is 0 Å². The molecule has 0 spiro atoms. The van der Waals surface area contributed by atoms with Crippen LogP contribution in [0.15, 0.2) is 54.6 Å². The van der Waals surface area contributed by atoms with Gasteiger partial charge in [-0.1, -0.05) is 73.9 Å². The molecule has 0 aliphatic heterocycles. The van der Waals surface area contributed by atoms with Crippen molar-refractivity contribution in [2.24, 2.45) is 0 Å². The van der Waals surface area contributed by atoms with Gasteiger partial charge in [-0.3, -0.25) is 4.79 Å². The van der Waals surface area contributed by atoms with Gasteiger partial charge in [-0.2, -0.15) is 0 Å². The third kappa shape index (κ3) is 3.97. The molecule has 22 heavy (non-hydrogen) atoms. The Bertz CT molecular complexity index is 597. The van der Waals surface area contributed by atoms with Gasteiger partial charge in [0.1, 0.15) is 0 Å². The molecule has 2 aromatic carbocycles. The van der Waals surface area contributed by atoms with Crippen LogP contribution in [0.1, 0.15) is 37.7 Å². The number of amides is 1. The molecule has 0 bridgehead atoms. The summed E-state index contributed by atoms with van der Waals surface area (Å²) in [5.74, 6) is 0.152. The van der Waals surface area contributed by atoms with Gasteiger partial charge in [-0.15, -0.1) is 0 Å². The Morgan fingerprint density at radius 1 is 0.864 bits per heavy atom. The van der Waals surface area contributed by atoms with Crippen LogP contribution in [-0.2, 0) is 11.2 Å². The number of hydrogen-bond acceptors (Lipinski definition) is 1. The highest BCUT2D eigenvalue weighted by Gasteiger charge is 2.15. The van der Waals surface area contributed by atoms with Gasteiger partial charge >= 0.3 is 0 Å². The molecule has 1 saturated carbocycles. The monoisotopic (exact) mass is 293 g/mol. The summed E-state index contributed by atoms with van der Waals surface area (Å²) >= 11 is 0. The number of rotatable bonds is 4. The third-order valence-corrected chi connectivity index (χ3v) is 4.40. The summed E-state index contributed by atoms with van der Waals surface area (Å²) in [6.07, 6.45) is 6.56. The van der Waals surface area contributed by atoms with Crippen LogP contribution in [0.4, 0.5) is 0 Å². The molecule has 2 heteroatoms. The fraction of sp³-hybridized carbons (Fsp3) is 0.350. The smallest absolute Gasteiger partial charge is 0.224 e. The minimum absolute atomic E-state index is 0.152. The van der Waals surface area contributed by atoms with Crippen molar-refractivity contribution in [2.75, 3.05) is 0 Å². The summed E-state index contributed by atoms with van der Waals surface area (Å²) in [4.78, 5) is 12.1. The highest BCUT2D eigenvalue weighted by Crippen LogP contribution is 2.20. The molecule has 1 aliphatic carbocycles. The average molecular weight is 293 g/mol. The fourth-order valence-corrected chi connectivity index (χ4v) is 3.16. The lowest BCUT2D eigenvalue weighted by Crippen LogP contribution is -2.37. The molecule has 1 fully saturated rings. The summed E-state index contributed by atoms with van der Waals surface area (Å²) in [6.45, 7) is 0. The van der Waals surface area contributed by atoms with E-state index in [4.69, 9.17) is 0 Å². The molecule has 0 unspecified atom stereocenters. The van der Waals surface area contributed by atoms with Crippen LogP contribution >= 0.6 is 0 Å². The maximum Gasteiger partial charge on any atom is 0.224 e. The predicted molar refractivity (Wildman–Crippen MR) is 90.6 cm³/mol. The van der Waals surface area contributed by atoms with Crippen molar-refractivity contribution in [3.8, 4) is 11.1 Å². The Morgan fingerprint density at radius 2 is 1.50 bits per heavy atom. The fourth-order valence-electron chi connectivity index (χ4n) is 3.16. The second-order valence-corrected chi connectivity index (χ2v) is 6.14. The van der Waals surface area contributed by atoms with E-state index in [9.17, 15) is 4.79 Å². The van der Waals surface area contributed by atoms with Crippen molar-refractivity contribution in [1.29, 1.82) is 0 Å². The zero-order valence-electron chi connectivity index (χ0n) is 12.9. The van der Waals surface area contributed by atoms with Crippen LogP contribution in [0.25, 0.3) is 11.1 Å². The van der Waals surface area contributed by atoms with Crippen LogP contribution in [0.2, 0.25) is 0 Å². The molecular weight excluding hydrogens is 270 g/mol. The molecule has 0 radical (unpaired) electrons. The summed E-state index contributed by atoms with van der Waals surface area (Å²) in [5.41, 5.74) is 3.48. The second-order valence-electron chi connectivity index (χ2n) is 6.14. The van der Waals surface area contributed by atoms with E-state index in [1.54, 1.807) is 0 Å². The van der Waals surface area contributed by atoms with Crippen molar-refractivity contribution in [1.82, 2.24) is 5.32 Å². The largest absolute Gasteiger partial charge is 0.353 e. The molecule has 2 aromatic rings. The topological polar surface area (TPSA) is 29.1 Å². The standard InChI is InChI=1S/C20H23NO/c22-20(21-19-9-5-2-6-10-19)15-16-11-13-18(14-12-16)17-7-3-1-4-8-17/h1,3-4,7-8,11-14,19H,2,5-6,9-10,15H2,(H,21,22). The van der Waals surface area contributed by atoms with Crippen LogP contribution in [-0.4, -0.2) is 11.9 Å². The molecule has 1 aliphatic rings. The first-order chi connectivity index (χ1) is 10.8. The first-order valence-electron chi connectivity index (χ1n) is 8.25. The Hall–Kier alpha value is -2.09. The van der Waals surface area contributed by atoms with Crippen LogP contribution < -0.4 is 5.32 Å². The lowest BCUT2D eigenvalue weighted by atomic mass is 9.95. The van der Waals surface area contributed by atoms with Gasteiger partial charge in [0.05, 0.1) is 6.42 Å². The van der Waals surface area contributed by atoms with Gasteiger partial charge < -0.3 is 5.32 Å². The molecule has 114 valence electrons. The van der Waals surface area contributed by atoms with E-state index >= 15 is 0 Å². The zero-order chi connectivity index (χ0) is 15.2. The van der Waals surface area contributed by atoms with Crippen LogP contribution in [0.5, 0.6) is 0 Å². The number of benzene rings is 2. The van der Waals surface area contributed by atoms with Crippen molar-refractivity contribution >= 4 is 5.91 Å². The predicted octanol–water partition coefficient (Wildman–Crippen LogP) is 4.35. The van der Waals surface area contributed by atoms with E-state index in [-0.39, 0.29) is 5.91 Å². The van der Waals surface area contributed by atoms with Gasteiger partial charge in [0.2, 0.25) is 5.91 Å². The Balaban J connectivity index is 1.57. The lowest BCUT2D eigenvalue weighted by Gasteiger charge is -2.22. The number of nitrogens with one attached hydrogen (secondary N) is 1. The maximum atomic E-state index is 12.1. The zero-order valence-corrected chi connectivity index (χ0v) is 12.9. The van der Waals surface area contributed by atoms with Gasteiger partial charge in [-0.25, -0.2) is 0 Å². The first-order valence-corrected chi connectivity index (χ1v) is 8.25. The molecule has 1 N–H and O–H groups in total. The van der Waals surface area contributed by atoms with E-state index in [0.717, 1.165) is 18.4 Å². The molecule has 3 rings (SSSR count). The highest BCUT2D eigenvalue weighted by molar-refractivity contribution is 5.79. The summed E-state index contributed by atoms with van der Waals surface area (Å²) in [5, 5.41) is 3.17. The van der Waals surface area contributed by atoms with E-state index in [2.05, 4.69) is 41.7 Å². The summed E-state index contributed by atoms with van der Waals surface area (Å²) < 4.78 is 0. The quantitative estimate of drug-likeness (QED) is 0.892. The minimum atomic E-state index is 0.152. The Morgan fingerprint density at radius 3 is 2.18 bits per heavy atom. The van der Waals surface area contributed by atoms with Gasteiger partial charge in [0.25, 0.3) is 0 Å². The van der Waals surface area contributed by atoms with Gasteiger partial charge in [0, 0.05) is 6.04 Å². The van der Waals surface area contributed by atoms with Crippen LogP contribution in [0, 0.1) is 0 Å². The molecule has 0 saturated heterocycles. The number of carbonyl (C=O) groups excluding carboxylic acids is 1. The molecule has 0 atom stereocenters. The maximum absolute atomic E-state index is 12.1. The molecule has 2 nitrogen and oxygen atoms in total.